The van der Waals surface area contributed by atoms with Crippen LogP contribution in [0, 0.1) is 0 Å². The topological polar surface area (TPSA) is 105 Å². The van der Waals surface area contributed by atoms with Crippen molar-refractivity contribution in [1.82, 2.24) is 4.90 Å². The molecule has 8 heteroatoms. The van der Waals surface area contributed by atoms with Crippen LogP contribution in [0.25, 0.3) is 0 Å². The Morgan fingerprint density at radius 3 is 2.11 bits per heavy atom. The Balaban J connectivity index is 0.00000103. The van der Waals surface area contributed by atoms with Crippen LogP contribution in [0.5, 0.6) is 0 Å². The molecule has 2 aliphatic rings. The maximum Gasteiger partial charge on any atom is 0.354 e. The van der Waals surface area contributed by atoms with Gasteiger partial charge in [-0.1, -0.05) is 45.9 Å². The van der Waals surface area contributed by atoms with Crippen LogP contribution in [0.1, 0.15) is 75.3 Å². The van der Waals surface area contributed by atoms with Gasteiger partial charge in [0, 0.05) is 26.2 Å². The van der Waals surface area contributed by atoms with Gasteiger partial charge in [0.2, 0.25) is 5.91 Å². The molecule has 0 saturated carbocycles. The van der Waals surface area contributed by atoms with Gasteiger partial charge in [-0.25, -0.2) is 14.1 Å². The number of hydrogen-bond acceptors (Lipinski definition) is 3. The largest absolute Gasteiger partial charge is 0.354 e. The number of nitrogens with one attached hydrogen (secondary N) is 1. The van der Waals surface area contributed by atoms with E-state index < -0.39 is 15.9 Å². The molecule has 1 atom stereocenters. The van der Waals surface area contributed by atoms with E-state index in [9.17, 15) is 13.8 Å². The number of nitrogens with two attached hydrogens (primary N) is 1. The number of carbonyl (C=O) groups excluding carboxylic acids is 2. The summed E-state index contributed by atoms with van der Waals surface area (Å²) in [5.41, 5.74) is 6.58. The van der Waals surface area contributed by atoms with E-state index in [0.29, 0.717) is 6.54 Å². The molecule has 192 valence electrons. The summed E-state index contributed by atoms with van der Waals surface area (Å²) in [7, 11) is -1.74. The van der Waals surface area contributed by atoms with E-state index in [1.165, 1.54) is 34.1 Å². The predicted octanol–water partition coefficient (Wildman–Crippen LogP) is 5.63. The van der Waals surface area contributed by atoms with Gasteiger partial charge in [-0.3, -0.25) is 4.79 Å². The second-order valence-electron chi connectivity index (χ2n) is 8.35. The van der Waals surface area contributed by atoms with E-state index in [2.05, 4.69) is 15.7 Å². The minimum absolute atomic E-state index is 0.0779. The monoisotopic (exact) mass is 500 g/mol. The van der Waals surface area contributed by atoms with Crippen molar-refractivity contribution in [2.75, 3.05) is 12.4 Å². The van der Waals surface area contributed by atoms with Gasteiger partial charge in [0.1, 0.15) is 9.92 Å². The number of anilines is 1. The zero-order chi connectivity index (χ0) is 26.2. The number of urea groups is 1. The highest BCUT2D eigenvalue weighted by Crippen LogP contribution is 2.38. The summed E-state index contributed by atoms with van der Waals surface area (Å²) in [5.74, 6) is -0.0779. The number of rotatable bonds is 4. The van der Waals surface area contributed by atoms with Gasteiger partial charge in [-0.05, 0) is 78.5 Å². The molecule has 0 heterocycles. The minimum atomic E-state index is -3.43. The van der Waals surface area contributed by atoms with Crippen molar-refractivity contribution in [3.8, 4) is 0 Å². The van der Waals surface area contributed by atoms with Crippen LogP contribution in [-0.2, 0) is 46.9 Å². The first-order valence-corrected chi connectivity index (χ1v) is 14.2. The van der Waals surface area contributed by atoms with Crippen molar-refractivity contribution >= 4 is 27.5 Å². The number of fused-ring (bicyclic) bond motifs is 2. The average molecular weight is 501 g/mol. The van der Waals surface area contributed by atoms with Gasteiger partial charge >= 0.3 is 6.03 Å². The molecular formula is C27H40N4O3S. The van der Waals surface area contributed by atoms with E-state index in [1.54, 1.807) is 25.2 Å². The van der Waals surface area contributed by atoms with E-state index >= 15 is 0 Å². The zero-order valence-corrected chi connectivity index (χ0v) is 22.8. The van der Waals surface area contributed by atoms with Gasteiger partial charge < -0.3 is 10.2 Å². The van der Waals surface area contributed by atoms with E-state index in [4.69, 9.17) is 5.14 Å². The molecule has 35 heavy (non-hydrogen) atoms. The molecule has 3 amide bonds. The van der Waals surface area contributed by atoms with Crippen molar-refractivity contribution in [3.63, 3.8) is 0 Å². The Hall–Kier alpha value is -2.71. The second kappa shape index (κ2) is 12.8. The van der Waals surface area contributed by atoms with E-state index in [0.717, 1.165) is 49.8 Å². The molecule has 0 fully saturated rings. The standard InChI is InChI=1S/C23H28N4O3S.2C2H6/c1-15(28)27(2)14-16-6-3-9-19(12-16)31(24,30)26-23(29)25-22-20-10-4-7-17(20)13-18-8-5-11-21(18)22;2*1-2/h3,6,9,12-13H,4-5,7-8,10-11,14H2,1-2H3,(H3,24,25,26,29,30);2*1-2H3. The molecule has 3 N–H and O–H groups in total. The molecule has 1 unspecified atom stereocenters. The first kappa shape index (κ1) is 28.5. The third-order valence-electron chi connectivity index (χ3n) is 6.12. The summed E-state index contributed by atoms with van der Waals surface area (Å²) in [4.78, 5) is 26.1. The highest BCUT2D eigenvalue weighted by Gasteiger charge is 2.25. The lowest BCUT2D eigenvalue weighted by Crippen LogP contribution is -2.23. The molecule has 2 aliphatic carbocycles. The van der Waals surface area contributed by atoms with Gasteiger partial charge in [0.15, 0.2) is 0 Å². The quantitative estimate of drug-likeness (QED) is 0.568. The van der Waals surface area contributed by atoms with Crippen LogP contribution in [0.4, 0.5) is 10.5 Å². The van der Waals surface area contributed by atoms with Gasteiger partial charge in [-0.15, -0.1) is 4.36 Å². The Morgan fingerprint density at radius 1 is 1.00 bits per heavy atom. The number of benzene rings is 2. The van der Waals surface area contributed by atoms with Gasteiger partial charge in [0.05, 0.1) is 4.90 Å². The highest BCUT2D eigenvalue weighted by atomic mass is 32.2. The molecule has 2 aromatic carbocycles. The number of aryl methyl sites for hydroxylation is 2. The fourth-order valence-electron chi connectivity index (χ4n) is 4.48. The fourth-order valence-corrected chi connectivity index (χ4v) is 5.47. The molecule has 0 saturated heterocycles. The van der Waals surface area contributed by atoms with Crippen LogP contribution in [0.3, 0.4) is 0 Å². The Labute approximate surface area is 210 Å². The lowest BCUT2D eigenvalue weighted by Gasteiger charge is -2.16. The van der Waals surface area contributed by atoms with Crippen molar-refractivity contribution < 1.29 is 13.8 Å². The Bertz CT molecular complexity index is 1150. The summed E-state index contributed by atoms with van der Waals surface area (Å²) in [6.45, 7) is 9.83. The van der Waals surface area contributed by atoms with E-state index in [-0.39, 0.29) is 10.8 Å². The molecule has 0 bridgehead atoms. The molecule has 7 nitrogen and oxygen atoms in total. The number of carbonyl (C=O) groups is 2. The molecule has 2 aromatic rings. The molecule has 0 aliphatic heterocycles. The SMILES string of the molecule is CC.CC.CC(=O)N(C)Cc1cccc(S(N)(=O)=NC(=O)Nc2c3c(cc4c2CCC4)CCC3)c1. The summed E-state index contributed by atoms with van der Waals surface area (Å²) in [6, 6.07) is 8.34. The van der Waals surface area contributed by atoms with Crippen molar-refractivity contribution in [2.24, 2.45) is 9.50 Å². The molecule has 4 rings (SSSR count). The van der Waals surface area contributed by atoms with Crippen molar-refractivity contribution in [3.05, 3.63) is 58.1 Å². The molecular weight excluding hydrogens is 460 g/mol. The second-order valence-corrected chi connectivity index (χ2v) is 10.1. The summed E-state index contributed by atoms with van der Waals surface area (Å²) >= 11 is 0. The van der Waals surface area contributed by atoms with Crippen LogP contribution in [0.2, 0.25) is 0 Å². The zero-order valence-electron chi connectivity index (χ0n) is 21.9. The van der Waals surface area contributed by atoms with Crippen LogP contribution >= 0.6 is 0 Å². The highest BCUT2D eigenvalue weighted by molar-refractivity contribution is 7.91. The maximum atomic E-state index is 13.1. The Morgan fingerprint density at radius 2 is 1.57 bits per heavy atom. The van der Waals surface area contributed by atoms with Gasteiger partial charge in [-0.2, -0.15) is 0 Å². The maximum absolute atomic E-state index is 13.1. The lowest BCUT2D eigenvalue weighted by molar-refractivity contribution is -0.128. The van der Waals surface area contributed by atoms with E-state index in [1.807, 2.05) is 33.8 Å². The minimum Gasteiger partial charge on any atom is -0.342 e. The van der Waals surface area contributed by atoms with Crippen molar-refractivity contribution in [1.29, 1.82) is 0 Å². The number of hydrogen-bond donors (Lipinski definition) is 2. The van der Waals surface area contributed by atoms with Gasteiger partial charge in [0.25, 0.3) is 0 Å². The molecule has 0 spiro atoms. The summed E-state index contributed by atoms with van der Waals surface area (Å²) in [5, 5.41) is 8.91. The third kappa shape index (κ3) is 6.92. The number of nitrogens with zero attached hydrogens (tertiary/aromatic N) is 2. The first-order valence-electron chi connectivity index (χ1n) is 12.6. The smallest absolute Gasteiger partial charge is 0.342 e. The van der Waals surface area contributed by atoms with Crippen LogP contribution in [0.15, 0.2) is 39.6 Å². The summed E-state index contributed by atoms with van der Waals surface area (Å²) < 4.78 is 17.0. The summed E-state index contributed by atoms with van der Waals surface area (Å²) in [6.07, 6.45) is 6.07. The van der Waals surface area contributed by atoms with Crippen LogP contribution in [-0.4, -0.2) is 28.1 Å². The fraction of sp³-hybridized carbons (Fsp3) is 0.481. The Kier molecular flexibility index (Phi) is 10.5. The van der Waals surface area contributed by atoms with Crippen LogP contribution < -0.4 is 10.5 Å². The number of amides is 3. The predicted molar refractivity (Wildman–Crippen MR) is 144 cm³/mol. The lowest BCUT2D eigenvalue weighted by atomic mass is 9.99. The average Bonchev–Trinajstić information content (AvgIpc) is 3.51. The molecule has 0 radical (unpaired) electrons. The van der Waals surface area contributed by atoms with Crippen molar-refractivity contribution in [2.45, 2.75) is 84.6 Å². The third-order valence-corrected chi connectivity index (χ3v) is 7.48. The first-order chi connectivity index (χ1) is 16.7. The normalized spacial score (nSPS) is 14.7. The molecule has 0 aromatic heterocycles.